The Balaban J connectivity index is 0.924. The molecule has 0 saturated heterocycles. The number of benzene rings is 2. The second-order valence-corrected chi connectivity index (χ2v) is 18.0. The second kappa shape index (κ2) is 15.1. The summed E-state index contributed by atoms with van der Waals surface area (Å²) in [7, 11) is 1.86. The molecule has 12 nitrogen and oxygen atoms in total. The molecule has 4 aromatic rings. The molecule has 300 valence electrons. The zero-order valence-corrected chi connectivity index (χ0v) is 34.1. The molecule has 2 aliphatic carbocycles. The number of nitrogens with one attached hydrogen (secondary N) is 2. The van der Waals surface area contributed by atoms with Crippen LogP contribution < -0.4 is 10.6 Å². The smallest absolute Gasteiger partial charge is 0.309 e. The third kappa shape index (κ3) is 7.82. The van der Waals surface area contributed by atoms with E-state index in [1.165, 1.54) is 0 Å². The summed E-state index contributed by atoms with van der Waals surface area (Å²) in [5.74, 6) is -1.11. The molecular weight excluding hydrogens is 765 g/mol. The first-order valence-corrected chi connectivity index (χ1v) is 20.5. The average Bonchev–Trinajstić information content (AvgIpc) is 3.86. The fourth-order valence-corrected chi connectivity index (χ4v) is 10.2. The zero-order chi connectivity index (χ0) is 40.3. The first-order valence-electron chi connectivity index (χ1n) is 19.8. The van der Waals surface area contributed by atoms with Gasteiger partial charge in [-0.3, -0.25) is 29.2 Å². The summed E-state index contributed by atoms with van der Waals surface area (Å²) in [5, 5.41) is 26.5. The molecule has 57 heavy (non-hydrogen) atoms. The van der Waals surface area contributed by atoms with Gasteiger partial charge in [-0.25, -0.2) is 4.98 Å². The quantitative estimate of drug-likeness (QED) is 0.123. The van der Waals surface area contributed by atoms with Crippen LogP contribution in [-0.4, -0.2) is 84.1 Å². The molecule has 4 N–H and O–H groups in total. The molecule has 2 aromatic carbocycles. The number of aromatic nitrogens is 3. The van der Waals surface area contributed by atoms with E-state index < -0.39 is 22.9 Å². The predicted molar refractivity (Wildman–Crippen MR) is 220 cm³/mol. The van der Waals surface area contributed by atoms with Crippen LogP contribution in [0.15, 0.2) is 48.7 Å². The second-order valence-electron chi connectivity index (χ2n) is 17.3. The summed E-state index contributed by atoms with van der Waals surface area (Å²) in [5.41, 5.74) is 5.06. The molecule has 2 saturated carbocycles. The number of amides is 2. The Morgan fingerprint density at radius 1 is 0.877 bits per heavy atom. The molecule has 2 amide bonds. The highest BCUT2D eigenvalue weighted by molar-refractivity contribution is 6.40. The van der Waals surface area contributed by atoms with Crippen molar-refractivity contribution in [2.45, 2.75) is 83.9 Å². The van der Waals surface area contributed by atoms with Crippen LogP contribution in [0.1, 0.15) is 96.0 Å². The van der Waals surface area contributed by atoms with E-state index in [9.17, 15) is 24.6 Å². The van der Waals surface area contributed by atoms with Crippen LogP contribution in [0.25, 0.3) is 11.1 Å². The van der Waals surface area contributed by atoms with Crippen molar-refractivity contribution in [2.75, 3.05) is 36.8 Å². The summed E-state index contributed by atoms with van der Waals surface area (Å²) in [6, 6.07) is 12.4. The molecule has 0 radical (unpaired) electrons. The van der Waals surface area contributed by atoms with Gasteiger partial charge in [0, 0.05) is 69.2 Å². The molecular formula is C43H49Cl2N7O5. The number of aliphatic carboxylic acids is 1. The number of hydrogen-bond donors (Lipinski definition) is 4. The van der Waals surface area contributed by atoms with Gasteiger partial charge in [0.2, 0.25) is 0 Å². The van der Waals surface area contributed by atoms with Gasteiger partial charge in [-0.05, 0) is 100 Å². The lowest BCUT2D eigenvalue weighted by Gasteiger charge is -2.33. The van der Waals surface area contributed by atoms with Crippen molar-refractivity contribution in [1.82, 2.24) is 24.3 Å². The van der Waals surface area contributed by atoms with Crippen molar-refractivity contribution in [1.29, 1.82) is 0 Å². The summed E-state index contributed by atoms with van der Waals surface area (Å²) in [6.07, 6.45) is 8.58. The minimum Gasteiger partial charge on any atom is -0.481 e. The number of β-amino-alcohol motifs (C(OH)–C–C–N with tert-alkyl or cyclic N) is 1. The molecule has 2 fully saturated rings. The summed E-state index contributed by atoms with van der Waals surface area (Å²) >= 11 is 13.9. The highest BCUT2D eigenvalue weighted by Crippen LogP contribution is 2.63. The van der Waals surface area contributed by atoms with E-state index in [1.807, 2.05) is 29.8 Å². The van der Waals surface area contributed by atoms with E-state index in [4.69, 9.17) is 28.2 Å². The van der Waals surface area contributed by atoms with Crippen molar-refractivity contribution < 1.29 is 24.6 Å². The molecule has 2 aromatic heterocycles. The number of anilines is 2. The Labute approximate surface area is 342 Å². The fraction of sp³-hybridized carbons (Fsp3) is 0.465. The van der Waals surface area contributed by atoms with Crippen molar-refractivity contribution in [3.8, 4) is 11.1 Å². The standard InChI is InChI=1S/C43H49Cl2N7O5/c1-41(2,57)25-52-17-10-26-20-32(46-21-27(26)22-52)38(53)48-30-8-4-6-28(35(30)44)29-7-5-9-31(36(29)45)49-39(54)37-47-33-23-51(18-11-34(33)50(37)3)19-16-42-12-14-43(24-42,15-13-42)40(55)56/h4-9,20-21,57H,10-19,22-25H2,1-3H3,(H,48,53)(H,49,54)(H,55,56). The van der Waals surface area contributed by atoms with Gasteiger partial charge < -0.3 is 25.4 Å². The highest BCUT2D eigenvalue weighted by Gasteiger charge is 2.57. The van der Waals surface area contributed by atoms with Crippen molar-refractivity contribution in [3.63, 3.8) is 0 Å². The number of hydrogen-bond acceptors (Lipinski definition) is 8. The lowest BCUT2D eigenvalue weighted by molar-refractivity contribution is -0.148. The highest BCUT2D eigenvalue weighted by atomic mass is 35.5. The predicted octanol–water partition coefficient (Wildman–Crippen LogP) is 7.21. The monoisotopic (exact) mass is 813 g/mol. The molecule has 0 atom stereocenters. The summed E-state index contributed by atoms with van der Waals surface area (Å²) < 4.78 is 1.86. The van der Waals surface area contributed by atoms with Crippen LogP contribution in [0, 0.1) is 10.8 Å². The maximum absolute atomic E-state index is 13.7. The number of rotatable bonds is 11. The molecule has 2 bridgehead atoms. The van der Waals surface area contributed by atoms with Crippen LogP contribution in [0.4, 0.5) is 11.4 Å². The van der Waals surface area contributed by atoms with Gasteiger partial charge in [0.1, 0.15) is 5.69 Å². The lowest BCUT2D eigenvalue weighted by atomic mass is 9.80. The van der Waals surface area contributed by atoms with Crippen LogP contribution in [0.3, 0.4) is 0 Å². The molecule has 8 rings (SSSR count). The zero-order valence-electron chi connectivity index (χ0n) is 32.6. The van der Waals surface area contributed by atoms with Crippen LogP contribution in [-0.2, 0) is 37.8 Å². The maximum atomic E-state index is 13.7. The molecule has 14 heteroatoms. The molecule has 4 heterocycles. The molecule has 4 aliphatic rings. The maximum Gasteiger partial charge on any atom is 0.309 e. The lowest BCUT2D eigenvalue weighted by Crippen LogP contribution is -2.41. The van der Waals surface area contributed by atoms with Crippen molar-refractivity contribution >= 4 is 52.4 Å². The van der Waals surface area contributed by atoms with E-state index in [2.05, 4.69) is 25.4 Å². The third-order valence-electron chi connectivity index (χ3n) is 12.7. The van der Waals surface area contributed by atoms with Gasteiger partial charge in [-0.1, -0.05) is 47.5 Å². The van der Waals surface area contributed by atoms with Gasteiger partial charge in [-0.15, -0.1) is 0 Å². The normalized spacial score (nSPS) is 21.9. The largest absolute Gasteiger partial charge is 0.481 e. The number of carboxylic acid groups (broad SMARTS) is 1. The average molecular weight is 815 g/mol. The molecule has 2 aliphatic heterocycles. The van der Waals surface area contributed by atoms with Gasteiger partial charge in [0.15, 0.2) is 5.82 Å². The van der Waals surface area contributed by atoms with E-state index >= 15 is 0 Å². The topological polar surface area (TPSA) is 153 Å². The first-order chi connectivity index (χ1) is 27.1. The number of carboxylic acids is 1. The SMILES string of the molecule is Cn1c(C(=O)Nc2cccc(-c3cccc(NC(=O)c4cc5c(cn4)CN(CC(C)(C)O)CC5)c3Cl)c2Cl)nc2c1CCN(CCC13CCC(C(=O)O)(CC1)C3)C2. The Morgan fingerprint density at radius 3 is 2.16 bits per heavy atom. The Kier molecular flexibility index (Phi) is 10.5. The van der Waals surface area contributed by atoms with Crippen LogP contribution in [0.5, 0.6) is 0 Å². The number of halogens is 2. The van der Waals surface area contributed by atoms with Gasteiger partial charge in [-0.2, -0.15) is 0 Å². The number of fused-ring (bicyclic) bond motifs is 4. The fourth-order valence-electron chi connectivity index (χ4n) is 9.67. The van der Waals surface area contributed by atoms with E-state index in [0.29, 0.717) is 58.0 Å². The van der Waals surface area contributed by atoms with Gasteiger partial charge in [0.25, 0.3) is 11.8 Å². The Bertz CT molecular complexity index is 2260. The molecule has 0 unspecified atom stereocenters. The number of imidazole rings is 1. The number of nitrogens with zero attached hydrogens (tertiary/aromatic N) is 5. The van der Waals surface area contributed by atoms with E-state index in [0.717, 1.165) is 93.5 Å². The van der Waals surface area contributed by atoms with Crippen LogP contribution >= 0.6 is 23.2 Å². The number of carbonyl (C=O) groups excluding carboxylic acids is 2. The number of pyridine rings is 1. The first kappa shape index (κ1) is 39.5. The van der Waals surface area contributed by atoms with E-state index in [-0.39, 0.29) is 17.0 Å². The third-order valence-corrected chi connectivity index (χ3v) is 13.5. The van der Waals surface area contributed by atoms with E-state index in [1.54, 1.807) is 44.3 Å². The minimum absolute atomic E-state index is 0.129. The summed E-state index contributed by atoms with van der Waals surface area (Å²) in [4.78, 5) is 52.9. The van der Waals surface area contributed by atoms with Gasteiger partial charge >= 0.3 is 5.97 Å². The van der Waals surface area contributed by atoms with Gasteiger partial charge in [0.05, 0.1) is 38.1 Å². The van der Waals surface area contributed by atoms with Crippen molar-refractivity contribution in [2.24, 2.45) is 17.9 Å². The van der Waals surface area contributed by atoms with Crippen molar-refractivity contribution in [3.05, 3.63) is 92.7 Å². The number of aliphatic hydroxyl groups is 1. The minimum atomic E-state index is -0.796. The molecule has 0 spiro atoms. The summed E-state index contributed by atoms with van der Waals surface area (Å²) in [6.45, 7) is 7.96. The Hall–Kier alpha value is -4.33. The van der Waals surface area contributed by atoms with Crippen LogP contribution in [0.2, 0.25) is 10.0 Å². The number of carbonyl (C=O) groups is 3. The Morgan fingerprint density at radius 2 is 1.53 bits per heavy atom.